The van der Waals surface area contributed by atoms with Crippen LogP contribution in [-0.4, -0.2) is 87.4 Å². The molecule has 1 N–H and O–H groups in total. The van der Waals surface area contributed by atoms with Crippen LogP contribution in [0, 0.1) is 17.7 Å². The molecule has 0 spiro atoms. The van der Waals surface area contributed by atoms with Gasteiger partial charge in [0, 0.05) is 58.7 Å². The molecule has 1 fully saturated rings. The van der Waals surface area contributed by atoms with E-state index in [1.165, 1.54) is 18.2 Å². The summed E-state index contributed by atoms with van der Waals surface area (Å²) in [5.41, 5.74) is 0.640. The highest BCUT2D eigenvalue weighted by Gasteiger charge is 2.30. The fourth-order valence-electron chi connectivity index (χ4n) is 5.29. The molecule has 4 rings (SSSR count). The molecule has 8 nitrogen and oxygen atoms in total. The van der Waals surface area contributed by atoms with Gasteiger partial charge in [0.1, 0.15) is 18.2 Å². The van der Waals surface area contributed by atoms with Crippen molar-refractivity contribution in [3.63, 3.8) is 0 Å². The Bertz CT molecular complexity index is 1140. The molecule has 0 unspecified atom stereocenters. The van der Waals surface area contributed by atoms with Gasteiger partial charge in [-0.25, -0.2) is 4.39 Å². The second-order valence-corrected chi connectivity index (χ2v) is 10.8. The molecule has 2 aromatic carbocycles. The highest BCUT2D eigenvalue weighted by molar-refractivity contribution is 6.05. The van der Waals surface area contributed by atoms with Crippen LogP contribution in [0.4, 0.5) is 10.1 Å². The van der Waals surface area contributed by atoms with Crippen molar-refractivity contribution in [2.75, 3.05) is 58.9 Å². The summed E-state index contributed by atoms with van der Waals surface area (Å²) in [6, 6.07) is 10.8. The van der Waals surface area contributed by atoms with Gasteiger partial charge in [0.15, 0.2) is 0 Å². The molecule has 0 aromatic heterocycles. The number of ether oxygens (including phenoxy) is 3. The van der Waals surface area contributed by atoms with Crippen molar-refractivity contribution in [3.05, 3.63) is 59.4 Å². The lowest BCUT2D eigenvalue weighted by Crippen LogP contribution is -2.48. The molecule has 2 aliphatic rings. The number of amides is 2. The van der Waals surface area contributed by atoms with Crippen LogP contribution in [0.15, 0.2) is 42.5 Å². The number of likely N-dealkylation sites (N-methyl/N-ethyl adjacent to an activating group) is 1. The highest BCUT2D eigenvalue weighted by Crippen LogP contribution is 2.27. The number of hydrogen-bond donors (Lipinski definition) is 1. The Morgan fingerprint density at radius 1 is 1.13 bits per heavy atom. The largest absolute Gasteiger partial charge is 0.491 e. The first kappa shape index (κ1) is 29.0. The number of anilines is 1. The van der Waals surface area contributed by atoms with Crippen molar-refractivity contribution >= 4 is 17.5 Å². The standard InChI is InChI=1S/C30H40FN3O5/c1-20-16-34(17-22-11-13-38-14-12-22)21(2)19-39-27-10-9-23(32-29(35)24-7-5-6-8-26(24)31)15-25(27)30(36)33(3)18-28(20)37-4/h5-10,15,20-22,28H,11-14,16-19H2,1-4H3,(H,32,35)/t20-,21+,28+/m1/s1. The summed E-state index contributed by atoms with van der Waals surface area (Å²) in [7, 11) is 3.43. The number of halogens is 1. The lowest BCUT2D eigenvalue weighted by Gasteiger charge is -2.38. The van der Waals surface area contributed by atoms with Gasteiger partial charge in [-0.1, -0.05) is 19.1 Å². The minimum atomic E-state index is -0.612. The van der Waals surface area contributed by atoms with Gasteiger partial charge in [0.25, 0.3) is 11.8 Å². The van der Waals surface area contributed by atoms with Gasteiger partial charge < -0.3 is 24.4 Å². The summed E-state index contributed by atoms with van der Waals surface area (Å²) in [6.45, 7) is 8.50. The predicted molar refractivity (Wildman–Crippen MR) is 148 cm³/mol. The number of methoxy groups -OCH3 is 1. The van der Waals surface area contributed by atoms with E-state index >= 15 is 0 Å². The first-order valence-electron chi connectivity index (χ1n) is 13.7. The molecule has 0 saturated carbocycles. The van der Waals surface area contributed by atoms with Crippen molar-refractivity contribution in [2.24, 2.45) is 11.8 Å². The molecular weight excluding hydrogens is 501 g/mol. The number of carbonyl (C=O) groups is 2. The Morgan fingerprint density at radius 2 is 1.87 bits per heavy atom. The number of fused-ring (bicyclic) bond motifs is 1. The number of nitrogens with one attached hydrogen (secondary N) is 1. The molecule has 3 atom stereocenters. The maximum Gasteiger partial charge on any atom is 0.258 e. The minimum Gasteiger partial charge on any atom is -0.491 e. The van der Waals surface area contributed by atoms with Crippen LogP contribution in [0.2, 0.25) is 0 Å². The third-order valence-corrected chi connectivity index (χ3v) is 7.78. The van der Waals surface area contributed by atoms with Crippen molar-refractivity contribution in [1.29, 1.82) is 0 Å². The maximum atomic E-state index is 14.1. The molecule has 0 bridgehead atoms. The lowest BCUT2D eigenvalue weighted by atomic mass is 9.96. The molecule has 1 saturated heterocycles. The first-order valence-corrected chi connectivity index (χ1v) is 13.7. The summed E-state index contributed by atoms with van der Waals surface area (Å²) in [6.07, 6.45) is 1.94. The molecule has 2 amide bonds. The summed E-state index contributed by atoms with van der Waals surface area (Å²) in [5, 5.41) is 2.71. The molecular formula is C30H40FN3O5. The molecule has 39 heavy (non-hydrogen) atoms. The number of rotatable bonds is 5. The maximum absolute atomic E-state index is 14.1. The topological polar surface area (TPSA) is 80.3 Å². The Kier molecular flexibility index (Phi) is 9.94. The fourth-order valence-corrected chi connectivity index (χ4v) is 5.29. The van der Waals surface area contributed by atoms with Crippen LogP contribution >= 0.6 is 0 Å². The average molecular weight is 542 g/mol. The summed E-state index contributed by atoms with van der Waals surface area (Å²) in [4.78, 5) is 30.4. The van der Waals surface area contributed by atoms with E-state index in [0.717, 1.165) is 39.1 Å². The van der Waals surface area contributed by atoms with Gasteiger partial charge in [-0.15, -0.1) is 0 Å². The smallest absolute Gasteiger partial charge is 0.258 e. The van der Waals surface area contributed by atoms with Gasteiger partial charge in [0.05, 0.1) is 17.2 Å². The molecule has 2 heterocycles. The fraction of sp³-hybridized carbons (Fsp3) is 0.533. The van der Waals surface area contributed by atoms with E-state index in [4.69, 9.17) is 14.2 Å². The first-order chi connectivity index (χ1) is 18.8. The van der Waals surface area contributed by atoms with Crippen LogP contribution in [-0.2, 0) is 9.47 Å². The van der Waals surface area contributed by atoms with E-state index in [1.807, 2.05) is 0 Å². The van der Waals surface area contributed by atoms with E-state index < -0.39 is 11.7 Å². The second-order valence-electron chi connectivity index (χ2n) is 10.8. The van der Waals surface area contributed by atoms with E-state index in [2.05, 4.69) is 24.1 Å². The van der Waals surface area contributed by atoms with Crippen LogP contribution < -0.4 is 10.1 Å². The van der Waals surface area contributed by atoms with Crippen LogP contribution in [0.3, 0.4) is 0 Å². The third-order valence-electron chi connectivity index (χ3n) is 7.78. The van der Waals surface area contributed by atoms with Gasteiger partial charge in [0.2, 0.25) is 0 Å². The Hall–Kier alpha value is -3.01. The van der Waals surface area contributed by atoms with E-state index in [1.54, 1.807) is 43.3 Å². The molecule has 0 radical (unpaired) electrons. The van der Waals surface area contributed by atoms with Gasteiger partial charge in [-0.3, -0.25) is 14.5 Å². The van der Waals surface area contributed by atoms with Crippen LogP contribution in [0.1, 0.15) is 47.4 Å². The zero-order valence-corrected chi connectivity index (χ0v) is 23.3. The van der Waals surface area contributed by atoms with Crippen molar-refractivity contribution in [1.82, 2.24) is 9.80 Å². The minimum absolute atomic E-state index is 0.0691. The van der Waals surface area contributed by atoms with E-state index in [0.29, 0.717) is 36.1 Å². The summed E-state index contributed by atoms with van der Waals surface area (Å²) >= 11 is 0. The normalized spacial score (nSPS) is 23.8. The monoisotopic (exact) mass is 541 g/mol. The van der Waals surface area contributed by atoms with Gasteiger partial charge >= 0.3 is 0 Å². The molecule has 2 aliphatic heterocycles. The van der Waals surface area contributed by atoms with Crippen LogP contribution in [0.5, 0.6) is 5.75 Å². The number of hydrogen-bond acceptors (Lipinski definition) is 6. The van der Waals surface area contributed by atoms with Crippen LogP contribution in [0.25, 0.3) is 0 Å². The SMILES string of the molecule is CO[C@H]1CN(C)C(=O)c2cc(NC(=O)c3ccccc3F)ccc2OC[C@H](C)N(CC2CCOCC2)C[C@H]1C. The highest BCUT2D eigenvalue weighted by atomic mass is 19.1. The number of nitrogens with zero attached hydrogens (tertiary/aromatic N) is 2. The van der Waals surface area contributed by atoms with E-state index in [-0.39, 0.29) is 29.5 Å². The predicted octanol–water partition coefficient (Wildman–Crippen LogP) is 4.31. The summed E-state index contributed by atoms with van der Waals surface area (Å²) < 4.78 is 31.8. The van der Waals surface area contributed by atoms with Crippen molar-refractivity contribution in [3.8, 4) is 5.75 Å². The quantitative estimate of drug-likeness (QED) is 0.608. The zero-order chi connectivity index (χ0) is 27.9. The van der Waals surface area contributed by atoms with E-state index in [9.17, 15) is 14.0 Å². The Morgan fingerprint density at radius 3 is 2.59 bits per heavy atom. The van der Waals surface area contributed by atoms with Gasteiger partial charge in [-0.2, -0.15) is 0 Å². The lowest BCUT2D eigenvalue weighted by molar-refractivity contribution is 0.0000222. The van der Waals surface area contributed by atoms with Crippen molar-refractivity contribution in [2.45, 2.75) is 38.8 Å². The Labute approximate surface area is 230 Å². The molecule has 9 heteroatoms. The van der Waals surface area contributed by atoms with Crippen molar-refractivity contribution < 1.29 is 28.2 Å². The Balaban J connectivity index is 1.60. The molecule has 0 aliphatic carbocycles. The average Bonchev–Trinajstić information content (AvgIpc) is 2.94. The summed E-state index contributed by atoms with van der Waals surface area (Å²) in [5.74, 6) is -0.255. The zero-order valence-electron chi connectivity index (χ0n) is 23.3. The second kappa shape index (κ2) is 13.4. The molecule has 2 aromatic rings. The number of benzene rings is 2. The van der Waals surface area contributed by atoms with Gasteiger partial charge in [-0.05, 0) is 61.9 Å². The third kappa shape index (κ3) is 7.35. The molecule has 212 valence electrons. The number of carbonyl (C=O) groups excluding carboxylic acids is 2.